The number of likely N-dealkylation sites (tertiary alicyclic amines) is 1. The quantitative estimate of drug-likeness (QED) is 0.553. The highest BCUT2D eigenvalue weighted by atomic mass is 19.1. The molecule has 1 saturated heterocycles. The lowest BCUT2D eigenvalue weighted by molar-refractivity contribution is -0.140. The second-order valence-electron chi connectivity index (χ2n) is 7.94. The summed E-state index contributed by atoms with van der Waals surface area (Å²) in [4.78, 5) is 18.3. The van der Waals surface area contributed by atoms with Crippen LogP contribution in [-0.2, 0) is 9.53 Å². The Hall–Kier alpha value is -1.95. The van der Waals surface area contributed by atoms with Crippen molar-refractivity contribution in [2.45, 2.75) is 57.9 Å². The first-order chi connectivity index (χ1) is 13.6. The molecule has 1 aromatic heterocycles. The minimum Gasteiger partial charge on any atom is -0.461 e. The van der Waals surface area contributed by atoms with Crippen LogP contribution in [0.1, 0.15) is 57.4 Å². The molecule has 1 aromatic rings. The van der Waals surface area contributed by atoms with E-state index in [4.69, 9.17) is 0 Å². The molecule has 2 aliphatic rings. The van der Waals surface area contributed by atoms with Gasteiger partial charge in [-0.1, -0.05) is 19.3 Å². The fraction of sp³-hybridized carbons (Fsp3) is 0.636. The molecule has 5 nitrogen and oxygen atoms in total. The van der Waals surface area contributed by atoms with Gasteiger partial charge in [0.25, 0.3) is 0 Å². The number of hydrogen-bond donors (Lipinski definition) is 1. The van der Waals surface area contributed by atoms with Gasteiger partial charge in [0.1, 0.15) is 5.82 Å². The Balaban J connectivity index is 1.50. The molecule has 1 aliphatic carbocycles. The van der Waals surface area contributed by atoms with Crippen molar-refractivity contribution >= 4 is 17.9 Å². The lowest BCUT2D eigenvalue weighted by Crippen LogP contribution is -2.44. The van der Waals surface area contributed by atoms with Crippen LogP contribution in [0.15, 0.2) is 24.2 Å². The van der Waals surface area contributed by atoms with E-state index in [1.807, 2.05) is 6.07 Å². The number of pyridine rings is 1. The first-order valence-electron chi connectivity index (χ1n) is 10.6. The van der Waals surface area contributed by atoms with Crippen molar-refractivity contribution in [1.82, 2.24) is 9.88 Å². The van der Waals surface area contributed by atoms with Crippen LogP contribution in [0.25, 0.3) is 6.08 Å². The third-order valence-electron chi connectivity index (χ3n) is 5.65. The van der Waals surface area contributed by atoms with Gasteiger partial charge in [-0.2, -0.15) is 4.39 Å². The number of halogens is 1. The Morgan fingerprint density at radius 1 is 1.29 bits per heavy atom. The first-order valence-corrected chi connectivity index (χ1v) is 10.6. The number of nitrogens with one attached hydrogen (secondary N) is 1. The van der Waals surface area contributed by atoms with E-state index in [2.05, 4.69) is 19.9 Å². The van der Waals surface area contributed by atoms with E-state index in [0.29, 0.717) is 11.6 Å². The van der Waals surface area contributed by atoms with Gasteiger partial charge in [-0.15, -0.1) is 0 Å². The van der Waals surface area contributed by atoms with E-state index < -0.39 is 11.8 Å². The van der Waals surface area contributed by atoms with Crippen molar-refractivity contribution in [3.05, 3.63) is 29.7 Å². The number of piperidine rings is 1. The molecule has 1 atom stereocenters. The Labute approximate surface area is 167 Å². The summed E-state index contributed by atoms with van der Waals surface area (Å²) < 4.78 is 18.4. The topological polar surface area (TPSA) is 54.5 Å². The van der Waals surface area contributed by atoms with E-state index in [-0.39, 0.29) is 6.61 Å². The molecule has 0 bridgehead atoms. The third-order valence-corrected chi connectivity index (χ3v) is 5.65. The summed E-state index contributed by atoms with van der Waals surface area (Å²) in [5.41, 5.74) is 0.540. The maximum Gasteiger partial charge on any atom is 0.367 e. The SMILES string of the molecule is CCOC(=O)/C(F)=C/c1ccc(N[C@@H]2CCCN(CC3CCCCC3)C2)nc1. The molecule has 1 aliphatic heterocycles. The average Bonchev–Trinajstić information content (AvgIpc) is 2.71. The zero-order valence-corrected chi connectivity index (χ0v) is 16.8. The molecule has 0 aromatic carbocycles. The fourth-order valence-electron chi connectivity index (χ4n) is 4.26. The highest BCUT2D eigenvalue weighted by Crippen LogP contribution is 2.26. The number of carbonyl (C=O) groups is 1. The molecule has 1 N–H and O–H groups in total. The van der Waals surface area contributed by atoms with Crippen LogP contribution >= 0.6 is 0 Å². The van der Waals surface area contributed by atoms with Crippen molar-refractivity contribution in [3.8, 4) is 0 Å². The third kappa shape index (κ3) is 6.30. The van der Waals surface area contributed by atoms with Gasteiger partial charge in [0.05, 0.1) is 6.61 Å². The van der Waals surface area contributed by atoms with E-state index >= 15 is 0 Å². The van der Waals surface area contributed by atoms with Gasteiger partial charge in [0.15, 0.2) is 0 Å². The van der Waals surface area contributed by atoms with Crippen molar-refractivity contribution in [2.24, 2.45) is 5.92 Å². The number of hydrogen-bond acceptors (Lipinski definition) is 5. The minimum absolute atomic E-state index is 0.153. The Morgan fingerprint density at radius 2 is 2.11 bits per heavy atom. The van der Waals surface area contributed by atoms with Gasteiger partial charge in [0.2, 0.25) is 5.83 Å². The molecule has 3 rings (SSSR count). The summed E-state index contributed by atoms with van der Waals surface area (Å²) in [6, 6.07) is 3.99. The summed E-state index contributed by atoms with van der Waals surface area (Å²) in [5, 5.41) is 3.51. The van der Waals surface area contributed by atoms with Crippen LogP contribution in [0.5, 0.6) is 0 Å². The van der Waals surface area contributed by atoms with Crippen molar-refractivity contribution in [3.63, 3.8) is 0 Å². The van der Waals surface area contributed by atoms with Gasteiger partial charge in [0, 0.05) is 25.3 Å². The van der Waals surface area contributed by atoms with Crippen LogP contribution in [0.3, 0.4) is 0 Å². The van der Waals surface area contributed by atoms with Crippen molar-refractivity contribution < 1.29 is 13.9 Å². The van der Waals surface area contributed by atoms with E-state index in [1.54, 1.807) is 19.2 Å². The summed E-state index contributed by atoms with van der Waals surface area (Å²) in [5.74, 6) is -0.191. The number of rotatable bonds is 7. The van der Waals surface area contributed by atoms with Gasteiger partial charge >= 0.3 is 5.97 Å². The molecule has 0 radical (unpaired) electrons. The molecule has 0 spiro atoms. The van der Waals surface area contributed by atoms with E-state index in [9.17, 15) is 9.18 Å². The zero-order valence-electron chi connectivity index (χ0n) is 16.8. The molecule has 154 valence electrons. The average molecular weight is 390 g/mol. The van der Waals surface area contributed by atoms with E-state index in [0.717, 1.165) is 30.8 Å². The van der Waals surface area contributed by atoms with Crippen molar-refractivity contribution in [2.75, 3.05) is 31.6 Å². The number of esters is 1. The number of anilines is 1. The minimum atomic E-state index is -0.940. The lowest BCUT2D eigenvalue weighted by Gasteiger charge is -2.36. The van der Waals surface area contributed by atoms with Gasteiger partial charge in [-0.3, -0.25) is 0 Å². The highest BCUT2D eigenvalue weighted by Gasteiger charge is 2.23. The first kappa shape index (κ1) is 20.8. The number of aromatic nitrogens is 1. The Morgan fingerprint density at radius 3 is 2.82 bits per heavy atom. The number of ether oxygens (including phenoxy) is 1. The van der Waals surface area contributed by atoms with Crippen LogP contribution in [0.2, 0.25) is 0 Å². The molecule has 1 saturated carbocycles. The summed E-state index contributed by atoms with van der Waals surface area (Å²) in [7, 11) is 0. The van der Waals surface area contributed by atoms with Crippen molar-refractivity contribution in [1.29, 1.82) is 0 Å². The second kappa shape index (κ2) is 10.6. The maximum absolute atomic E-state index is 13.7. The van der Waals surface area contributed by atoms with Crippen LogP contribution in [0.4, 0.5) is 10.2 Å². The lowest BCUT2D eigenvalue weighted by atomic mass is 9.88. The predicted octanol–water partition coefficient (Wildman–Crippen LogP) is 4.41. The molecule has 0 unspecified atom stereocenters. The molecule has 2 heterocycles. The maximum atomic E-state index is 13.7. The molecular formula is C22H32FN3O2. The molecule has 28 heavy (non-hydrogen) atoms. The summed E-state index contributed by atoms with van der Waals surface area (Å²) in [6.45, 7) is 5.27. The smallest absolute Gasteiger partial charge is 0.367 e. The largest absolute Gasteiger partial charge is 0.461 e. The standard InChI is InChI=1S/C22H32FN3O2/c1-2-28-22(27)20(23)13-18-10-11-21(24-14-18)25-19-9-6-12-26(16-19)15-17-7-4-3-5-8-17/h10-11,13-14,17,19H,2-9,12,15-16H2,1H3,(H,24,25)/b20-13-/t19-/m1/s1. The van der Waals surface area contributed by atoms with Crippen LogP contribution in [0, 0.1) is 5.92 Å². The molecule has 2 fully saturated rings. The van der Waals surface area contributed by atoms with Crippen LogP contribution in [-0.4, -0.2) is 48.1 Å². The predicted molar refractivity (Wildman–Crippen MR) is 110 cm³/mol. The second-order valence-corrected chi connectivity index (χ2v) is 7.94. The number of nitrogens with zero attached hydrogens (tertiary/aromatic N) is 2. The van der Waals surface area contributed by atoms with Crippen LogP contribution < -0.4 is 5.32 Å². The number of carbonyl (C=O) groups excluding carboxylic acids is 1. The molecule has 0 amide bonds. The van der Waals surface area contributed by atoms with Gasteiger partial charge in [-0.05, 0) is 68.8 Å². The van der Waals surface area contributed by atoms with E-state index in [1.165, 1.54) is 51.6 Å². The Bertz CT molecular complexity index is 656. The monoisotopic (exact) mass is 389 g/mol. The normalized spacial score (nSPS) is 22.1. The van der Waals surface area contributed by atoms with Gasteiger partial charge in [-0.25, -0.2) is 9.78 Å². The molecule has 6 heteroatoms. The Kier molecular flexibility index (Phi) is 7.83. The summed E-state index contributed by atoms with van der Waals surface area (Å²) in [6.07, 6.45) is 12.0. The summed E-state index contributed by atoms with van der Waals surface area (Å²) >= 11 is 0. The fourth-order valence-corrected chi connectivity index (χ4v) is 4.26. The highest BCUT2D eigenvalue weighted by molar-refractivity contribution is 5.91. The molecular weight excluding hydrogens is 357 g/mol. The van der Waals surface area contributed by atoms with Gasteiger partial charge < -0.3 is 15.0 Å². The zero-order chi connectivity index (χ0) is 19.8.